The molecule has 1 aromatic heterocycles. The van der Waals surface area contributed by atoms with Crippen LogP contribution in [0.1, 0.15) is 5.56 Å². The number of H-pyrrole nitrogens is 1. The topological polar surface area (TPSA) is 15.8 Å². The fraction of sp³-hybridized carbons (Fsp3) is 0.0667. The van der Waals surface area contributed by atoms with Gasteiger partial charge in [-0.25, -0.2) is 0 Å². The number of benzene rings is 2. The summed E-state index contributed by atoms with van der Waals surface area (Å²) in [7, 11) is 0. The van der Waals surface area contributed by atoms with Crippen molar-refractivity contribution >= 4 is 22.5 Å². The number of hydrogen-bond acceptors (Lipinski definition) is 0. The van der Waals surface area contributed by atoms with Gasteiger partial charge in [0.25, 0.3) is 0 Å². The number of aromatic amines is 1. The van der Waals surface area contributed by atoms with Crippen molar-refractivity contribution in [3.8, 4) is 11.1 Å². The van der Waals surface area contributed by atoms with Crippen LogP contribution in [0, 0.1) is 6.92 Å². The van der Waals surface area contributed by atoms with Gasteiger partial charge < -0.3 is 4.98 Å². The lowest BCUT2D eigenvalue weighted by Crippen LogP contribution is -1.80. The number of halogens is 1. The van der Waals surface area contributed by atoms with Crippen molar-refractivity contribution in [3.63, 3.8) is 0 Å². The van der Waals surface area contributed by atoms with Gasteiger partial charge in [-0.3, -0.25) is 0 Å². The first kappa shape index (κ1) is 10.4. The van der Waals surface area contributed by atoms with Gasteiger partial charge in [0, 0.05) is 22.1 Å². The lowest BCUT2D eigenvalue weighted by atomic mass is 10.00. The van der Waals surface area contributed by atoms with Crippen molar-refractivity contribution in [3.05, 3.63) is 59.2 Å². The minimum Gasteiger partial charge on any atom is -0.361 e. The summed E-state index contributed by atoms with van der Waals surface area (Å²) >= 11 is 5.92. The normalized spacial score (nSPS) is 10.9. The quantitative estimate of drug-likeness (QED) is 0.630. The molecule has 0 radical (unpaired) electrons. The molecule has 0 bridgehead atoms. The third-order valence-corrected chi connectivity index (χ3v) is 3.31. The Morgan fingerprint density at radius 3 is 2.53 bits per heavy atom. The molecule has 0 aliphatic heterocycles. The van der Waals surface area contributed by atoms with Gasteiger partial charge in [0.15, 0.2) is 0 Å². The predicted molar refractivity (Wildman–Crippen MR) is 73.5 cm³/mol. The Kier molecular flexibility index (Phi) is 2.41. The SMILES string of the molecule is Cc1c[nH]c2cccc(-c3ccc(Cl)cc3)c12. The van der Waals surface area contributed by atoms with E-state index in [4.69, 9.17) is 11.6 Å². The Hall–Kier alpha value is -1.73. The van der Waals surface area contributed by atoms with Gasteiger partial charge in [-0.1, -0.05) is 35.9 Å². The second-order valence-corrected chi connectivity index (χ2v) is 4.64. The number of fused-ring (bicyclic) bond motifs is 1. The van der Waals surface area contributed by atoms with Crippen LogP contribution in [-0.2, 0) is 0 Å². The van der Waals surface area contributed by atoms with E-state index in [1.165, 1.54) is 27.6 Å². The highest BCUT2D eigenvalue weighted by Crippen LogP contribution is 2.31. The Bertz CT molecular complexity index is 665. The minimum absolute atomic E-state index is 0.770. The molecule has 3 aromatic rings. The summed E-state index contributed by atoms with van der Waals surface area (Å²) in [6.45, 7) is 2.12. The molecular formula is C15H12ClN. The van der Waals surface area contributed by atoms with Crippen molar-refractivity contribution in [2.24, 2.45) is 0 Å². The highest BCUT2D eigenvalue weighted by atomic mass is 35.5. The first-order chi connectivity index (χ1) is 8.25. The molecule has 1 heterocycles. The van der Waals surface area contributed by atoms with Gasteiger partial charge in [-0.2, -0.15) is 0 Å². The average Bonchev–Trinajstić information content (AvgIpc) is 2.73. The first-order valence-electron chi connectivity index (χ1n) is 5.58. The summed E-state index contributed by atoms with van der Waals surface area (Å²) in [6, 6.07) is 14.3. The Balaban J connectivity index is 2.29. The molecule has 0 unspecified atom stereocenters. The van der Waals surface area contributed by atoms with E-state index in [1.807, 2.05) is 18.3 Å². The molecule has 0 amide bonds. The van der Waals surface area contributed by atoms with Crippen LogP contribution < -0.4 is 0 Å². The Morgan fingerprint density at radius 2 is 1.76 bits per heavy atom. The van der Waals surface area contributed by atoms with Gasteiger partial charge in [-0.15, -0.1) is 0 Å². The molecule has 1 nitrogen and oxygen atoms in total. The van der Waals surface area contributed by atoms with Crippen LogP contribution in [0.2, 0.25) is 5.02 Å². The van der Waals surface area contributed by atoms with Crippen LogP contribution in [-0.4, -0.2) is 4.98 Å². The van der Waals surface area contributed by atoms with Gasteiger partial charge >= 0.3 is 0 Å². The summed E-state index contributed by atoms with van der Waals surface area (Å²) in [5.74, 6) is 0. The molecule has 0 aliphatic rings. The molecule has 2 aromatic carbocycles. The fourth-order valence-electron chi connectivity index (χ4n) is 2.23. The smallest absolute Gasteiger partial charge is 0.0462 e. The van der Waals surface area contributed by atoms with E-state index in [9.17, 15) is 0 Å². The van der Waals surface area contributed by atoms with Gasteiger partial charge in [0.05, 0.1) is 0 Å². The highest BCUT2D eigenvalue weighted by Gasteiger charge is 2.07. The third-order valence-electron chi connectivity index (χ3n) is 3.06. The highest BCUT2D eigenvalue weighted by molar-refractivity contribution is 6.30. The zero-order valence-electron chi connectivity index (χ0n) is 9.50. The first-order valence-corrected chi connectivity index (χ1v) is 5.96. The van der Waals surface area contributed by atoms with E-state index in [0.717, 1.165) is 5.02 Å². The molecule has 0 aliphatic carbocycles. The zero-order chi connectivity index (χ0) is 11.8. The second kappa shape index (κ2) is 3.94. The summed E-state index contributed by atoms with van der Waals surface area (Å²) in [6.07, 6.45) is 2.05. The maximum Gasteiger partial charge on any atom is 0.0462 e. The number of aryl methyl sites for hydroxylation is 1. The number of nitrogens with one attached hydrogen (secondary N) is 1. The molecule has 3 rings (SSSR count). The molecular weight excluding hydrogens is 230 g/mol. The van der Waals surface area contributed by atoms with Crippen molar-refractivity contribution in [1.82, 2.24) is 4.98 Å². The fourth-order valence-corrected chi connectivity index (χ4v) is 2.35. The van der Waals surface area contributed by atoms with Crippen molar-refractivity contribution in [2.45, 2.75) is 6.92 Å². The molecule has 17 heavy (non-hydrogen) atoms. The average molecular weight is 242 g/mol. The predicted octanol–water partition coefficient (Wildman–Crippen LogP) is 4.80. The summed E-state index contributed by atoms with van der Waals surface area (Å²) < 4.78 is 0. The summed E-state index contributed by atoms with van der Waals surface area (Å²) in [4.78, 5) is 3.28. The molecule has 84 valence electrons. The van der Waals surface area contributed by atoms with E-state index in [-0.39, 0.29) is 0 Å². The van der Waals surface area contributed by atoms with Gasteiger partial charge in [-0.05, 0) is 41.8 Å². The van der Waals surface area contributed by atoms with E-state index in [0.29, 0.717) is 0 Å². The minimum atomic E-state index is 0.770. The van der Waals surface area contributed by atoms with E-state index >= 15 is 0 Å². The molecule has 0 fully saturated rings. The van der Waals surface area contributed by atoms with Crippen LogP contribution in [0.4, 0.5) is 0 Å². The van der Waals surface area contributed by atoms with Crippen LogP contribution in [0.3, 0.4) is 0 Å². The Morgan fingerprint density at radius 1 is 1.00 bits per heavy atom. The van der Waals surface area contributed by atoms with Crippen molar-refractivity contribution in [2.75, 3.05) is 0 Å². The second-order valence-electron chi connectivity index (χ2n) is 4.21. The third kappa shape index (κ3) is 1.73. The number of aromatic nitrogens is 1. The van der Waals surface area contributed by atoms with Crippen molar-refractivity contribution < 1.29 is 0 Å². The Labute approximate surface area is 105 Å². The van der Waals surface area contributed by atoms with Gasteiger partial charge in [0.2, 0.25) is 0 Å². The maximum absolute atomic E-state index is 5.92. The van der Waals surface area contributed by atoms with Gasteiger partial charge in [0.1, 0.15) is 0 Å². The maximum atomic E-state index is 5.92. The van der Waals surface area contributed by atoms with Crippen LogP contribution in [0.15, 0.2) is 48.7 Å². The van der Waals surface area contributed by atoms with Crippen LogP contribution in [0.5, 0.6) is 0 Å². The molecule has 0 saturated carbocycles. The number of hydrogen-bond donors (Lipinski definition) is 1. The van der Waals surface area contributed by atoms with E-state index in [1.54, 1.807) is 0 Å². The van der Waals surface area contributed by atoms with Crippen molar-refractivity contribution in [1.29, 1.82) is 0 Å². The molecule has 0 saturated heterocycles. The largest absolute Gasteiger partial charge is 0.361 e. The monoisotopic (exact) mass is 241 g/mol. The zero-order valence-corrected chi connectivity index (χ0v) is 10.3. The van der Waals surface area contributed by atoms with E-state index < -0.39 is 0 Å². The number of rotatable bonds is 1. The summed E-state index contributed by atoms with van der Waals surface area (Å²) in [5.41, 5.74) is 4.89. The lowest BCUT2D eigenvalue weighted by Gasteiger charge is -2.05. The summed E-state index contributed by atoms with van der Waals surface area (Å²) in [5, 5.41) is 2.06. The lowest BCUT2D eigenvalue weighted by molar-refractivity contribution is 1.43. The molecule has 1 N–H and O–H groups in total. The van der Waals surface area contributed by atoms with Crippen LogP contribution in [0.25, 0.3) is 22.0 Å². The van der Waals surface area contributed by atoms with E-state index in [2.05, 4.69) is 42.2 Å². The van der Waals surface area contributed by atoms with Crippen LogP contribution >= 0.6 is 11.6 Å². The molecule has 0 spiro atoms. The standard InChI is InChI=1S/C15H12ClN/c1-10-9-17-14-4-2-3-13(15(10)14)11-5-7-12(16)8-6-11/h2-9,17H,1H3. The molecule has 2 heteroatoms. The molecule has 0 atom stereocenters.